The van der Waals surface area contributed by atoms with Gasteiger partial charge in [0, 0.05) is 11.9 Å². The number of amidine groups is 1. The van der Waals surface area contributed by atoms with E-state index in [-0.39, 0.29) is 10.5 Å². The van der Waals surface area contributed by atoms with E-state index < -0.39 is 5.03 Å². The average molecular weight is 212 g/mol. The Morgan fingerprint density at radius 1 is 1.92 bits per heavy atom. The molecule has 70 valence electrons. The van der Waals surface area contributed by atoms with Gasteiger partial charge in [-0.2, -0.15) is 0 Å². The van der Waals surface area contributed by atoms with Crippen molar-refractivity contribution in [1.29, 1.82) is 0 Å². The molecule has 0 aliphatic rings. The number of halogens is 1. The lowest BCUT2D eigenvalue weighted by atomic mass is 10.5. The van der Waals surface area contributed by atoms with E-state index >= 15 is 0 Å². The third-order valence-electron chi connectivity index (χ3n) is 0.900. The number of rotatable bonds is 3. The molecule has 0 spiro atoms. The van der Waals surface area contributed by atoms with Crippen molar-refractivity contribution >= 4 is 28.5 Å². The third-order valence-corrected chi connectivity index (χ3v) is 1.67. The molecule has 7 heteroatoms. The molecule has 0 saturated carbocycles. The summed E-state index contributed by atoms with van der Waals surface area (Å²) in [7, 11) is 0. The van der Waals surface area contributed by atoms with Crippen LogP contribution in [0.3, 0.4) is 0 Å². The monoisotopic (exact) mass is 211 g/mol. The quantitative estimate of drug-likeness (QED) is 0.250. The van der Waals surface area contributed by atoms with Crippen LogP contribution < -0.4 is 5.32 Å². The average Bonchev–Trinajstić information content (AvgIpc) is 1.97. The number of alkyl halides is 1. The van der Waals surface area contributed by atoms with Crippen LogP contribution >= 0.6 is 23.4 Å². The molecule has 0 radical (unpaired) electrons. The molecule has 0 rings (SSSR count). The lowest BCUT2D eigenvalue weighted by Gasteiger charge is -2.04. The number of hydrazone groups is 1. The van der Waals surface area contributed by atoms with E-state index in [1.54, 1.807) is 13.2 Å². The molecule has 5 nitrogen and oxygen atoms in total. The van der Waals surface area contributed by atoms with Crippen LogP contribution in [-0.4, -0.2) is 28.4 Å². The molecule has 0 bridgehead atoms. The Balaban J connectivity index is 3.91. The number of thioether (sulfide) groups is 1. The molecule has 0 amide bonds. The van der Waals surface area contributed by atoms with Crippen LogP contribution in [0.4, 0.5) is 0 Å². The molecule has 1 N–H and O–H groups in total. The van der Waals surface area contributed by atoms with Gasteiger partial charge < -0.3 is 5.32 Å². The summed E-state index contributed by atoms with van der Waals surface area (Å²) < 4.78 is 0. The van der Waals surface area contributed by atoms with Crippen LogP contribution in [0.2, 0.25) is 0 Å². The summed E-state index contributed by atoms with van der Waals surface area (Å²) in [6, 6.07) is 0. The summed E-state index contributed by atoms with van der Waals surface area (Å²) in [5.74, 6) is 0. The van der Waals surface area contributed by atoms with Crippen molar-refractivity contribution in [1.82, 2.24) is 5.32 Å². The highest BCUT2D eigenvalue weighted by molar-refractivity contribution is 8.13. The van der Waals surface area contributed by atoms with Crippen LogP contribution in [0.25, 0.3) is 0 Å². The van der Waals surface area contributed by atoms with Crippen molar-refractivity contribution in [3.8, 4) is 0 Å². The summed E-state index contributed by atoms with van der Waals surface area (Å²) in [5, 5.41) is 15.2. The number of nitro groups is 1. The molecule has 0 aliphatic carbocycles. The van der Waals surface area contributed by atoms with Gasteiger partial charge in [-0.25, -0.2) is 10.1 Å². The van der Waals surface area contributed by atoms with Crippen molar-refractivity contribution in [2.45, 2.75) is 12.3 Å². The summed E-state index contributed by atoms with van der Waals surface area (Å²) in [6.45, 7) is 2.26. The Labute approximate surface area is 79.7 Å². The maximum Gasteiger partial charge on any atom is 0.234 e. The zero-order valence-electron chi connectivity index (χ0n) is 6.78. The van der Waals surface area contributed by atoms with Gasteiger partial charge in [0.15, 0.2) is 5.03 Å². The van der Waals surface area contributed by atoms with Crippen LogP contribution in [0.5, 0.6) is 0 Å². The second-order valence-electron chi connectivity index (χ2n) is 2.01. The Kier molecular flexibility index (Phi) is 5.83. The van der Waals surface area contributed by atoms with Crippen molar-refractivity contribution in [2.75, 3.05) is 12.8 Å². The Morgan fingerprint density at radius 2 is 2.50 bits per heavy atom. The minimum absolute atomic E-state index is 0.0749. The second kappa shape index (κ2) is 6.07. The normalized spacial score (nSPS) is 14.1. The van der Waals surface area contributed by atoms with E-state index in [0.717, 1.165) is 0 Å². The van der Waals surface area contributed by atoms with Crippen LogP contribution in [0, 0.1) is 10.1 Å². The number of nitrogens with zero attached hydrogens (tertiary/aromatic N) is 2. The zero-order chi connectivity index (χ0) is 9.56. The summed E-state index contributed by atoms with van der Waals surface area (Å²) in [5.41, 5.74) is 0. The molecule has 0 fully saturated rings. The van der Waals surface area contributed by atoms with Gasteiger partial charge in [-0.05, 0) is 13.2 Å². The zero-order valence-corrected chi connectivity index (χ0v) is 8.35. The molecule has 1 unspecified atom stereocenters. The van der Waals surface area contributed by atoms with Gasteiger partial charge in [-0.15, -0.1) is 11.6 Å². The van der Waals surface area contributed by atoms with Gasteiger partial charge in [0.1, 0.15) is 0 Å². The van der Waals surface area contributed by atoms with Gasteiger partial charge in [0.05, 0.1) is 5.10 Å². The maximum atomic E-state index is 9.95. The van der Waals surface area contributed by atoms with Crippen LogP contribution in [-0.2, 0) is 0 Å². The highest BCUT2D eigenvalue weighted by Crippen LogP contribution is 1.97. The van der Waals surface area contributed by atoms with Gasteiger partial charge >= 0.3 is 0 Å². The minimum atomic E-state index is -0.738. The van der Waals surface area contributed by atoms with Gasteiger partial charge in [-0.3, -0.25) is 0 Å². The van der Waals surface area contributed by atoms with E-state index in [2.05, 4.69) is 10.4 Å². The Bertz CT molecular complexity index is 186. The van der Waals surface area contributed by atoms with Crippen LogP contribution in [0.15, 0.2) is 5.10 Å². The molecule has 0 heterocycles. The summed E-state index contributed by atoms with van der Waals surface area (Å²) >= 11 is 6.80. The predicted octanol–water partition coefficient (Wildman–Crippen LogP) is 1.11. The topological polar surface area (TPSA) is 67.5 Å². The van der Waals surface area contributed by atoms with Gasteiger partial charge in [0.2, 0.25) is 5.17 Å². The molecule has 0 saturated heterocycles. The van der Waals surface area contributed by atoms with Gasteiger partial charge in [0.25, 0.3) is 0 Å². The standard InChI is InChI=1S/C5H10ClN3O2S/c1-4(6)3-7-5(12-2)8-9(10)11/h4H,3H2,1-2H3,(H,7,8). The van der Waals surface area contributed by atoms with E-state index in [0.29, 0.717) is 6.54 Å². The molecule has 1 atom stereocenters. The van der Waals surface area contributed by atoms with Gasteiger partial charge in [-0.1, -0.05) is 11.8 Å². The van der Waals surface area contributed by atoms with E-state index in [4.69, 9.17) is 11.6 Å². The van der Waals surface area contributed by atoms with E-state index in [1.807, 2.05) is 0 Å². The molecular weight excluding hydrogens is 202 g/mol. The SMILES string of the molecule is CSC(=N[N+](=O)[O-])NCC(C)Cl. The second-order valence-corrected chi connectivity index (χ2v) is 3.55. The molecule has 0 aromatic heterocycles. The molecule has 0 aliphatic heterocycles. The Hall–Kier alpha value is -0.490. The van der Waals surface area contributed by atoms with Crippen molar-refractivity contribution in [2.24, 2.45) is 5.10 Å². The fourth-order valence-electron chi connectivity index (χ4n) is 0.450. The number of hydrogen-bond acceptors (Lipinski definition) is 3. The van der Waals surface area contributed by atoms with E-state index in [9.17, 15) is 10.1 Å². The fraction of sp³-hybridized carbons (Fsp3) is 0.800. The highest BCUT2D eigenvalue weighted by Gasteiger charge is 2.03. The van der Waals surface area contributed by atoms with Crippen LogP contribution in [0.1, 0.15) is 6.92 Å². The number of hydrogen-bond donors (Lipinski definition) is 1. The minimum Gasteiger partial charge on any atom is -0.358 e. The largest absolute Gasteiger partial charge is 0.358 e. The molecular formula is C5H10ClN3O2S. The van der Waals surface area contributed by atoms with Crippen molar-refractivity contribution in [3.05, 3.63) is 10.1 Å². The first-order chi connectivity index (χ1) is 5.56. The molecule has 12 heavy (non-hydrogen) atoms. The lowest BCUT2D eigenvalue weighted by molar-refractivity contribution is -0.484. The maximum absolute atomic E-state index is 9.95. The Morgan fingerprint density at radius 3 is 2.83 bits per heavy atom. The van der Waals surface area contributed by atoms with Crippen molar-refractivity contribution < 1.29 is 5.03 Å². The lowest BCUT2D eigenvalue weighted by Crippen LogP contribution is -2.26. The first-order valence-electron chi connectivity index (χ1n) is 3.21. The highest BCUT2D eigenvalue weighted by atomic mass is 35.5. The predicted molar refractivity (Wildman–Crippen MR) is 51.3 cm³/mol. The summed E-state index contributed by atoms with van der Waals surface area (Å²) in [6.07, 6.45) is 1.70. The smallest absolute Gasteiger partial charge is 0.234 e. The van der Waals surface area contributed by atoms with E-state index in [1.165, 1.54) is 11.8 Å². The summed E-state index contributed by atoms with van der Waals surface area (Å²) in [4.78, 5) is 9.95. The third kappa shape index (κ3) is 6.23. The number of nitrogens with one attached hydrogen (secondary N) is 1. The molecule has 0 aromatic rings. The fourth-order valence-corrected chi connectivity index (χ4v) is 0.904. The first kappa shape index (κ1) is 11.5. The molecule has 0 aromatic carbocycles. The van der Waals surface area contributed by atoms with Crippen molar-refractivity contribution in [3.63, 3.8) is 0 Å². The first-order valence-corrected chi connectivity index (χ1v) is 4.87.